The first-order valence-corrected chi connectivity index (χ1v) is 7.94. The molecule has 2 aromatic heterocycles. The van der Waals surface area contributed by atoms with Crippen LogP contribution in [0.1, 0.15) is 31.5 Å². The minimum absolute atomic E-state index is 0.0762. The van der Waals surface area contributed by atoms with Gasteiger partial charge in [-0.05, 0) is 12.5 Å². The maximum atomic E-state index is 9.85. The number of hydrogen-bond donors (Lipinski definition) is 4. The fraction of sp³-hybridized carbons (Fsp3) is 0.500. The molecule has 0 aliphatic heterocycles. The number of nitriles is 1. The molecule has 126 valence electrons. The van der Waals surface area contributed by atoms with Gasteiger partial charge in [0.25, 0.3) is 0 Å². The highest BCUT2D eigenvalue weighted by molar-refractivity contribution is 5.54. The lowest BCUT2D eigenvalue weighted by Gasteiger charge is -2.49. The third-order valence-electron chi connectivity index (χ3n) is 4.67. The van der Waals surface area contributed by atoms with Crippen LogP contribution in [0.2, 0.25) is 0 Å². The number of nitrogens with zero attached hydrogens (tertiary/aromatic N) is 4. The Hall–Kier alpha value is -2.66. The van der Waals surface area contributed by atoms with E-state index in [9.17, 15) is 10.4 Å². The Balaban J connectivity index is 1.66. The van der Waals surface area contributed by atoms with Crippen molar-refractivity contribution in [2.24, 2.45) is 5.41 Å². The highest BCUT2D eigenvalue weighted by Gasteiger charge is 2.47. The Kier molecular flexibility index (Phi) is 4.36. The van der Waals surface area contributed by atoms with Crippen molar-refractivity contribution in [2.75, 3.05) is 17.2 Å². The molecule has 2 heterocycles. The monoisotopic (exact) mass is 327 g/mol. The van der Waals surface area contributed by atoms with E-state index >= 15 is 0 Å². The fourth-order valence-electron chi connectivity index (χ4n) is 2.70. The van der Waals surface area contributed by atoms with Crippen LogP contribution in [0.3, 0.4) is 0 Å². The van der Waals surface area contributed by atoms with Crippen LogP contribution >= 0.6 is 0 Å². The van der Waals surface area contributed by atoms with E-state index in [0.29, 0.717) is 30.3 Å². The van der Waals surface area contributed by atoms with Crippen molar-refractivity contribution in [3.63, 3.8) is 0 Å². The molecule has 0 bridgehead atoms. The van der Waals surface area contributed by atoms with Gasteiger partial charge in [-0.15, -0.1) is 0 Å². The fourth-order valence-corrected chi connectivity index (χ4v) is 2.70. The number of aromatic amines is 1. The molecule has 24 heavy (non-hydrogen) atoms. The number of nitrogens with one attached hydrogen (secondary N) is 3. The summed E-state index contributed by atoms with van der Waals surface area (Å²) in [5.41, 5.74) is 1.18. The standard InChI is InChI=1S/C16H21N7O/c1-16(2)12(7-13(16)24)21-14-10(8-17)9-19-15(22-14)18-5-3-11-4-6-20-23-11/h4,6,9,12-13,24H,3,5,7H2,1-2H3,(H,20,23)(H2,18,19,21,22)/t12-,13+/m1/s1. The molecule has 0 spiro atoms. The molecule has 1 aliphatic rings. The average Bonchev–Trinajstić information content (AvgIpc) is 3.08. The van der Waals surface area contributed by atoms with Crippen LogP contribution in [0.25, 0.3) is 0 Å². The number of H-pyrrole nitrogens is 1. The molecule has 4 N–H and O–H groups in total. The largest absolute Gasteiger partial charge is 0.392 e. The molecule has 0 unspecified atom stereocenters. The van der Waals surface area contributed by atoms with E-state index < -0.39 is 0 Å². The normalized spacial score (nSPS) is 21.6. The summed E-state index contributed by atoms with van der Waals surface area (Å²) in [5.74, 6) is 0.968. The molecule has 0 radical (unpaired) electrons. The van der Waals surface area contributed by atoms with Gasteiger partial charge in [-0.2, -0.15) is 15.3 Å². The second kappa shape index (κ2) is 6.45. The summed E-state index contributed by atoms with van der Waals surface area (Å²) in [6.45, 7) is 4.65. The first-order valence-electron chi connectivity index (χ1n) is 7.94. The van der Waals surface area contributed by atoms with Gasteiger partial charge in [0.1, 0.15) is 17.5 Å². The van der Waals surface area contributed by atoms with Crippen molar-refractivity contribution in [1.82, 2.24) is 20.2 Å². The molecule has 3 rings (SSSR count). The Morgan fingerprint density at radius 3 is 2.96 bits per heavy atom. The summed E-state index contributed by atoms with van der Waals surface area (Å²) in [4.78, 5) is 8.58. The van der Waals surface area contributed by atoms with Gasteiger partial charge >= 0.3 is 0 Å². The zero-order valence-corrected chi connectivity index (χ0v) is 13.7. The smallest absolute Gasteiger partial charge is 0.224 e. The lowest BCUT2D eigenvalue weighted by Crippen LogP contribution is -2.57. The second-order valence-electron chi connectivity index (χ2n) is 6.60. The van der Waals surface area contributed by atoms with Crippen molar-refractivity contribution >= 4 is 11.8 Å². The quantitative estimate of drug-likeness (QED) is 0.630. The molecule has 0 aromatic carbocycles. The van der Waals surface area contributed by atoms with E-state index in [4.69, 9.17) is 0 Å². The van der Waals surface area contributed by atoms with Gasteiger partial charge in [-0.1, -0.05) is 13.8 Å². The Morgan fingerprint density at radius 2 is 2.33 bits per heavy atom. The lowest BCUT2D eigenvalue weighted by atomic mass is 9.64. The van der Waals surface area contributed by atoms with Gasteiger partial charge in [0.05, 0.1) is 12.3 Å². The maximum absolute atomic E-state index is 9.85. The molecule has 2 atom stereocenters. The topological polar surface area (TPSA) is 123 Å². The predicted molar refractivity (Wildman–Crippen MR) is 89.3 cm³/mol. The summed E-state index contributed by atoms with van der Waals surface area (Å²) >= 11 is 0. The van der Waals surface area contributed by atoms with Gasteiger partial charge < -0.3 is 15.7 Å². The van der Waals surface area contributed by atoms with E-state index in [1.807, 2.05) is 19.9 Å². The predicted octanol–water partition coefficient (Wildman–Crippen LogP) is 1.30. The average molecular weight is 327 g/mol. The van der Waals surface area contributed by atoms with Crippen LogP contribution in [-0.4, -0.2) is 44.0 Å². The molecular weight excluding hydrogens is 306 g/mol. The van der Waals surface area contributed by atoms with Crippen molar-refractivity contribution in [3.05, 3.63) is 29.7 Å². The van der Waals surface area contributed by atoms with E-state index in [-0.39, 0.29) is 17.6 Å². The van der Waals surface area contributed by atoms with Crippen LogP contribution in [0.4, 0.5) is 11.8 Å². The van der Waals surface area contributed by atoms with Crippen molar-refractivity contribution in [3.8, 4) is 6.07 Å². The number of aliphatic hydroxyl groups is 1. The van der Waals surface area contributed by atoms with Gasteiger partial charge in [0.15, 0.2) is 0 Å². The van der Waals surface area contributed by atoms with Crippen molar-refractivity contribution < 1.29 is 5.11 Å². The SMILES string of the molecule is CC1(C)[C@@H](O)C[C@H]1Nc1nc(NCCc2ccn[nH]2)ncc1C#N. The molecule has 8 nitrogen and oxygen atoms in total. The molecule has 1 aliphatic carbocycles. The lowest BCUT2D eigenvalue weighted by molar-refractivity contribution is -0.0511. The number of aliphatic hydroxyl groups excluding tert-OH is 1. The highest BCUT2D eigenvalue weighted by Crippen LogP contribution is 2.42. The van der Waals surface area contributed by atoms with Crippen LogP contribution < -0.4 is 10.6 Å². The van der Waals surface area contributed by atoms with E-state index in [1.54, 1.807) is 6.20 Å². The van der Waals surface area contributed by atoms with E-state index in [0.717, 1.165) is 12.1 Å². The summed E-state index contributed by atoms with van der Waals surface area (Å²) in [6, 6.07) is 4.09. The Labute approximate surface area is 140 Å². The first kappa shape index (κ1) is 16.2. The number of hydrogen-bond acceptors (Lipinski definition) is 7. The van der Waals surface area contributed by atoms with Crippen molar-refractivity contribution in [1.29, 1.82) is 5.26 Å². The Morgan fingerprint density at radius 1 is 1.50 bits per heavy atom. The summed E-state index contributed by atoms with van der Waals surface area (Å²) < 4.78 is 0. The van der Waals surface area contributed by atoms with E-state index in [1.165, 1.54) is 6.20 Å². The van der Waals surface area contributed by atoms with Gasteiger partial charge in [-0.25, -0.2) is 4.98 Å². The van der Waals surface area contributed by atoms with Gasteiger partial charge in [0.2, 0.25) is 5.95 Å². The molecule has 2 aromatic rings. The van der Waals surface area contributed by atoms with Crippen LogP contribution in [0.15, 0.2) is 18.5 Å². The highest BCUT2D eigenvalue weighted by atomic mass is 16.3. The molecule has 1 fully saturated rings. The second-order valence-corrected chi connectivity index (χ2v) is 6.60. The third-order valence-corrected chi connectivity index (χ3v) is 4.67. The van der Waals surface area contributed by atoms with E-state index in [2.05, 4.69) is 36.9 Å². The third kappa shape index (κ3) is 3.16. The minimum Gasteiger partial charge on any atom is -0.392 e. The van der Waals surface area contributed by atoms with Crippen LogP contribution in [0, 0.1) is 16.7 Å². The molecular formula is C16H21N7O. The van der Waals surface area contributed by atoms with Crippen molar-refractivity contribution in [2.45, 2.75) is 38.8 Å². The maximum Gasteiger partial charge on any atom is 0.224 e. The summed E-state index contributed by atoms with van der Waals surface area (Å²) in [6.07, 6.45) is 4.30. The zero-order chi connectivity index (χ0) is 17.2. The number of anilines is 2. The number of rotatable bonds is 6. The van der Waals surface area contributed by atoms with Gasteiger partial charge in [0, 0.05) is 36.3 Å². The molecule has 8 heteroatoms. The molecule has 0 saturated heterocycles. The molecule has 0 amide bonds. The first-order chi connectivity index (χ1) is 11.5. The number of aromatic nitrogens is 4. The summed E-state index contributed by atoms with van der Waals surface area (Å²) in [7, 11) is 0. The Bertz CT molecular complexity index is 735. The molecule has 1 saturated carbocycles. The van der Waals surface area contributed by atoms with Gasteiger partial charge in [-0.3, -0.25) is 5.10 Å². The zero-order valence-electron chi connectivity index (χ0n) is 13.7. The van der Waals surface area contributed by atoms with Crippen LogP contribution in [-0.2, 0) is 6.42 Å². The van der Waals surface area contributed by atoms with Crippen LogP contribution in [0.5, 0.6) is 0 Å². The summed E-state index contributed by atoms with van der Waals surface area (Å²) in [5, 5.41) is 32.3. The minimum atomic E-state index is -0.339.